The number of benzene rings is 1. The van der Waals surface area contributed by atoms with Crippen LogP contribution in [0.1, 0.15) is 19.4 Å². The van der Waals surface area contributed by atoms with Gasteiger partial charge in [0.25, 0.3) is 0 Å². The zero-order valence-corrected chi connectivity index (χ0v) is 12.4. The molecule has 88 valence electrons. The number of nitrogens with zero attached hydrogens (tertiary/aromatic N) is 1. The van der Waals surface area contributed by atoms with Crippen LogP contribution in [0.3, 0.4) is 0 Å². The average molecular weight is 330 g/mol. The van der Waals surface area contributed by atoms with E-state index in [0.717, 1.165) is 0 Å². The van der Waals surface area contributed by atoms with Crippen molar-refractivity contribution in [3.05, 3.63) is 41.5 Å². The van der Waals surface area contributed by atoms with Gasteiger partial charge in [-0.25, -0.2) is 5.01 Å². The standard InChI is InChI=1S/C13H18N2.HI/c1-10-11(2)14(3)15(4)13(10)12-8-6-5-7-9-12;/h5-9,11H,1-4H3;1H. The molecule has 1 aliphatic heterocycles. The molecule has 16 heavy (non-hydrogen) atoms. The SMILES string of the molecule is CC1=C(c2ccccc2)[NH+](C)N(C)C1C.[I-]. The first-order valence-electron chi connectivity index (χ1n) is 5.46. The van der Waals surface area contributed by atoms with Gasteiger partial charge < -0.3 is 24.0 Å². The normalized spacial score (nSPS) is 25.8. The largest absolute Gasteiger partial charge is 1.00 e. The van der Waals surface area contributed by atoms with E-state index in [-0.39, 0.29) is 24.0 Å². The highest BCUT2D eigenvalue weighted by Gasteiger charge is 2.34. The molecule has 2 nitrogen and oxygen atoms in total. The molecular formula is C13H19IN2. The van der Waals surface area contributed by atoms with Gasteiger partial charge in [0.05, 0.1) is 13.1 Å². The van der Waals surface area contributed by atoms with Crippen LogP contribution in [0.25, 0.3) is 5.70 Å². The van der Waals surface area contributed by atoms with Gasteiger partial charge in [0.1, 0.15) is 0 Å². The van der Waals surface area contributed by atoms with Gasteiger partial charge in [-0.1, -0.05) is 18.2 Å². The second-order valence-corrected chi connectivity index (χ2v) is 4.30. The number of likely N-dealkylation sites (N-methyl/N-ethyl adjacent to an activating group) is 1. The first-order chi connectivity index (χ1) is 7.13. The molecule has 3 heteroatoms. The Balaban J connectivity index is 0.00000128. The van der Waals surface area contributed by atoms with E-state index in [1.807, 2.05) is 0 Å². The lowest BCUT2D eigenvalue weighted by Gasteiger charge is -2.21. The summed E-state index contributed by atoms with van der Waals surface area (Å²) in [5, 5.41) is 3.73. The topological polar surface area (TPSA) is 7.68 Å². The lowest BCUT2D eigenvalue weighted by atomic mass is 10.0. The molecule has 1 aromatic carbocycles. The summed E-state index contributed by atoms with van der Waals surface area (Å²) in [6, 6.07) is 11.2. The number of halogens is 1. The van der Waals surface area contributed by atoms with Crippen LogP contribution in [-0.4, -0.2) is 25.1 Å². The zero-order chi connectivity index (χ0) is 11.0. The quantitative estimate of drug-likeness (QED) is 0.597. The molecule has 0 aromatic heterocycles. The van der Waals surface area contributed by atoms with Crippen molar-refractivity contribution in [2.24, 2.45) is 0 Å². The van der Waals surface area contributed by atoms with Crippen LogP contribution >= 0.6 is 0 Å². The Bertz CT molecular complexity index is 386. The van der Waals surface area contributed by atoms with Crippen molar-refractivity contribution >= 4 is 5.70 Å². The van der Waals surface area contributed by atoms with E-state index < -0.39 is 0 Å². The third-order valence-electron chi connectivity index (χ3n) is 3.56. The Kier molecular flexibility index (Phi) is 4.52. The fourth-order valence-electron chi connectivity index (χ4n) is 2.29. The summed E-state index contributed by atoms with van der Waals surface area (Å²) in [6.45, 7) is 4.49. The Morgan fingerprint density at radius 2 is 1.75 bits per heavy atom. The molecule has 0 radical (unpaired) electrons. The molecule has 1 N–H and O–H groups in total. The van der Waals surface area contributed by atoms with Crippen molar-refractivity contribution in [1.29, 1.82) is 0 Å². The zero-order valence-electron chi connectivity index (χ0n) is 10.3. The van der Waals surface area contributed by atoms with Crippen molar-refractivity contribution in [1.82, 2.24) is 5.01 Å². The van der Waals surface area contributed by atoms with E-state index in [9.17, 15) is 0 Å². The molecule has 0 spiro atoms. The van der Waals surface area contributed by atoms with E-state index >= 15 is 0 Å². The van der Waals surface area contributed by atoms with Crippen LogP contribution in [0, 0.1) is 0 Å². The summed E-state index contributed by atoms with van der Waals surface area (Å²) in [5.41, 5.74) is 4.23. The second-order valence-electron chi connectivity index (χ2n) is 4.30. The Morgan fingerprint density at radius 3 is 2.19 bits per heavy atom. The Morgan fingerprint density at radius 1 is 1.19 bits per heavy atom. The molecule has 0 amide bonds. The monoisotopic (exact) mass is 330 g/mol. The maximum Gasteiger partial charge on any atom is 0.158 e. The number of rotatable bonds is 1. The fourth-order valence-corrected chi connectivity index (χ4v) is 2.29. The van der Waals surface area contributed by atoms with Gasteiger partial charge in [0.2, 0.25) is 0 Å². The summed E-state index contributed by atoms with van der Waals surface area (Å²) in [6.07, 6.45) is 0. The number of nitrogens with one attached hydrogen (secondary N) is 1. The van der Waals surface area contributed by atoms with Crippen LogP contribution in [0.4, 0.5) is 0 Å². The van der Waals surface area contributed by atoms with Gasteiger partial charge in [0.15, 0.2) is 5.70 Å². The third-order valence-corrected chi connectivity index (χ3v) is 3.56. The highest BCUT2D eigenvalue weighted by molar-refractivity contribution is 5.63. The first-order valence-corrected chi connectivity index (χ1v) is 5.46. The van der Waals surface area contributed by atoms with Crippen LogP contribution in [0.5, 0.6) is 0 Å². The average Bonchev–Trinajstić information content (AvgIpc) is 2.45. The lowest BCUT2D eigenvalue weighted by molar-refractivity contribution is -0.927. The van der Waals surface area contributed by atoms with E-state index in [1.54, 1.807) is 0 Å². The predicted molar refractivity (Wildman–Crippen MR) is 63.1 cm³/mol. The number of hydrogen-bond donors (Lipinski definition) is 1. The molecule has 0 bridgehead atoms. The Hall–Kier alpha value is -0.390. The maximum atomic E-state index is 2.34. The highest BCUT2D eigenvalue weighted by atomic mass is 127. The summed E-state index contributed by atoms with van der Waals surface area (Å²) in [5.74, 6) is 0. The number of quaternary nitrogens is 1. The molecule has 1 aromatic rings. The molecule has 0 fully saturated rings. The summed E-state index contributed by atoms with van der Waals surface area (Å²) in [7, 11) is 4.37. The molecule has 0 saturated carbocycles. The van der Waals surface area contributed by atoms with E-state index in [2.05, 4.69) is 63.3 Å². The minimum atomic E-state index is 0. The highest BCUT2D eigenvalue weighted by Crippen LogP contribution is 2.21. The minimum Gasteiger partial charge on any atom is -1.00 e. The van der Waals surface area contributed by atoms with Gasteiger partial charge in [-0.05, 0) is 26.0 Å². The molecule has 1 aliphatic rings. The number of hydrogen-bond acceptors (Lipinski definition) is 1. The molecule has 2 rings (SSSR count). The molecule has 1 heterocycles. The summed E-state index contributed by atoms with van der Waals surface area (Å²) in [4.78, 5) is 0. The van der Waals surface area contributed by atoms with E-state index in [0.29, 0.717) is 6.04 Å². The van der Waals surface area contributed by atoms with Gasteiger partial charge in [0, 0.05) is 18.2 Å². The molecular weight excluding hydrogens is 311 g/mol. The molecule has 0 saturated heterocycles. The third kappa shape index (κ3) is 2.17. The van der Waals surface area contributed by atoms with Gasteiger partial charge in [-0.2, -0.15) is 0 Å². The van der Waals surface area contributed by atoms with Crippen LogP contribution in [0.2, 0.25) is 0 Å². The van der Waals surface area contributed by atoms with Crippen molar-refractivity contribution in [2.45, 2.75) is 19.9 Å². The van der Waals surface area contributed by atoms with Crippen LogP contribution < -0.4 is 29.0 Å². The first kappa shape index (κ1) is 13.7. The smallest absolute Gasteiger partial charge is 0.158 e. The van der Waals surface area contributed by atoms with Crippen molar-refractivity contribution in [3.63, 3.8) is 0 Å². The summed E-state index contributed by atoms with van der Waals surface area (Å²) < 4.78 is 0. The van der Waals surface area contributed by atoms with Crippen molar-refractivity contribution in [3.8, 4) is 0 Å². The van der Waals surface area contributed by atoms with E-state index in [4.69, 9.17) is 0 Å². The fraction of sp³-hybridized carbons (Fsp3) is 0.385. The summed E-state index contributed by atoms with van der Waals surface area (Å²) >= 11 is 0. The van der Waals surface area contributed by atoms with Gasteiger partial charge >= 0.3 is 0 Å². The second kappa shape index (κ2) is 5.29. The van der Waals surface area contributed by atoms with Gasteiger partial charge in [-0.3, -0.25) is 0 Å². The molecule has 2 unspecified atom stereocenters. The Labute approximate surface area is 115 Å². The van der Waals surface area contributed by atoms with E-state index in [1.165, 1.54) is 21.8 Å². The lowest BCUT2D eigenvalue weighted by Crippen LogP contribution is -3.11. The molecule has 0 aliphatic carbocycles. The van der Waals surface area contributed by atoms with Crippen molar-refractivity contribution < 1.29 is 29.0 Å². The molecule has 2 atom stereocenters. The van der Waals surface area contributed by atoms with Crippen molar-refractivity contribution in [2.75, 3.05) is 14.1 Å². The minimum absolute atomic E-state index is 0. The maximum absolute atomic E-state index is 2.34. The predicted octanol–water partition coefficient (Wildman–Crippen LogP) is -1.81. The van der Waals surface area contributed by atoms with Crippen LogP contribution in [-0.2, 0) is 0 Å². The van der Waals surface area contributed by atoms with Gasteiger partial charge in [-0.15, -0.1) is 5.01 Å². The van der Waals surface area contributed by atoms with Crippen LogP contribution in [0.15, 0.2) is 35.9 Å².